The number of guanidine groups is 1. The Morgan fingerprint density at radius 1 is 1.12 bits per heavy atom. The average Bonchev–Trinajstić information content (AvgIpc) is 2.65. The van der Waals surface area contributed by atoms with E-state index in [1.807, 2.05) is 13.8 Å². The fourth-order valence-corrected chi connectivity index (χ4v) is 2.93. The molecular formula is C20H33N5O. The normalized spacial score (nSPS) is 16.0. The number of amides is 1. The molecule has 144 valence electrons. The zero-order valence-electron chi connectivity index (χ0n) is 16.4. The summed E-state index contributed by atoms with van der Waals surface area (Å²) in [5.74, 6) is 1.05. The number of hydrogen-bond acceptors (Lipinski definition) is 3. The number of benzene rings is 1. The minimum atomic E-state index is 0.0184. The highest BCUT2D eigenvalue weighted by Gasteiger charge is 2.19. The van der Waals surface area contributed by atoms with Crippen LogP contribution in [0.4, 0.5) is 0 Å². The number of carbonyl (C=O) groups excluding carboxylic acids is 1. The molecule has 0 spiro atoms. The van der Waals surface area contributed by atoms with Crippen LogP contribution in [0.15, 0.2) is 35.3 Å². The van der Waals surface area contributed by atoms with Crippen molar-refractivity contribution >= 4 is 11.9 Å². The van der Waals surface area contributed by atoms with Gasteiger partial charge in [0.25, 0.3) is 0 Å². The van der Waals surface area contributed by atoms with Crippen LogP contribution in [0.5, 0.6) is 0 Å². The molecule has 0 bridgehead atoms. The smallest absolute Gasteiger partial charge is 0.222 e. The van der Waals surface area contributed by atoms with E-state index in [1.54, 1.807) is 0 Å². The first-order valence-corrected chi connectivity index (χ1v) is 9.67. The highest BCUT2D eigenvalue weighted by molar-refractivity contribution is 5.80. The lowest BCUT2D eigenvalue weighted by Gasteiger charge is -2.36. The molecule has 1 aliphatic rings. The fourth-order valence-electron chi connectivity index (χ4n) is 2.93. The lowest BCUT2D eigenvalue weighted by molar-refractivity contribution is -0.123. The maximum atomic E-state index is 11.6. The maximum Gasteiger partial charge on any atom is 0.222 e. The first-order valence-electron chi connectivity index (χ1n) is 9.67. The predicted octanol–water partition coefficient (Wildman–Crippen LogP) is 1.54. The third-order valence-corrected chi connectivity index (χ3v) is 4.45. The molecular weight excluding hydrogens is 326 g/mol. The highest BCUT2D eigenvalue weighted by atomic mass is 16.1. The lowest BCUT2D eigenvalue weighted by Crippen LogP contribution is -2.52. The third kappa shape index (κ3) is 6.67. The summed E-state index contributed by atoms with van der Waals surface area (Å²) in [6.07, 6.45) is 0. The maximum absolute atomic E-state index is 11.6. The van der Waals surface area contributed by atoms with Crippen molar-refractivity contribution in [2.45, 2.75) is 27.3 Å². The van der Waals surface area contributed by atoms with Gasteiger partial charge in [0.1, 0.15) is 0 Å². The summed E-state index contributed by atoms with van der Waals surface area (Å²) in [5, 5.41) is 6.29. The minimum Gasteiger partial charge on any atom is -0.357 e. The van der Waals surface area contributed by atoms with Gasteiger partial charge in [-0.3, -0.25) is 14.7 Å². The average molecular weight is 360 g/mol. The van der Waals surface area contributed by atoms with Crippen LogP contribution in [0.3, 0.4) is 0 Å². The van der Waals surface area contributed by atoms with Gasteiger partial charge in [0.2, 0.25) is 5.91 Å². The van der Waals surface area contributed by atoms with Gasteiger partial charge in [-0.2, -0.15) is 0 Å². The van der Waals surface area contributed by atoms with E-state index in [4.69, 9.17) is 0 Å². The van der Waals surface area contributed by atoms with Gasteiger partial charge in [-0.15, -0.1) is 0 Å². The number of aliphatic imine (C=N–C) groups is 1. The number of rotatable bonds is 7. The quantitative estimate of drug-likeness (QED) is 0.440. The van der Waals surface area contributed by atoms with Crippen molar-refractivity contribution in [2.75, 3.05) is 45.8 Å². The van der Waals surface area contributed by atoms with E-state index in [-0.39, 0.29) is 11.8 Å². The molecule has 1 amide bonds. The van der Waals surface area contributed by atoms with E-state index >= 15 is 0 Å². The van der Waals surface area contributed by atoms with Crippen LogP contribution in [-0.4, -0.2) is 67.5 Å². The van der Waals surface area contributed by atoms with Gasteiger partial charge in [0.05, 0.1) is 6.54 Å². The van der Waals surface area contributed by atoms with Gasteiger partial charge < -0.3 is 15.5 Å². The zero-order chi connectivity index (χ0) is 18.8. The number of nitrogens with zero attached hydrogens (tertiary/aromatic N) is 3. The Kier molecular flexibility index (Phi) is 8.41. The number of hydrogen-bond donors (Lipinski definition) is 2. The Morgan fingerprint density at radius 3 is 2.42 bits per heavy atom. The molecule has 1 aromatic carbocycles. The van der Waals surface area contributed by atoms with Gasteiger partial charge >= 0.3 is 0 Å². The molecule has 1 fully saturated rings. The van der Waals surface area contributed by atoms with Gasteiger partial charge in [0.15, 0.2) is 5.96 Å². The molecule has 6 heteroatoms. The van der Waals surface area contributed by atoms with Crippen LogP contribution in [0.25, 0.3) is 0 Å². The molecule has 0 aliphatic carbocycles. The van der Waals surface area contributed by atoms with E-state index in [2.05, 4.69) is 62.7 Å². The molecule has 0 unspecified atom stereocenters. The number of piperazine rings is 1. The molecule has 2 N–H and O–H groups in total. The summed E-state index contributed by atoms with van der Waals surface area (Å²) in [6, 6.07) is 10.6. The molecule has 0 aromatic heterocycles. The van der Waals surface area contributed by atoms with Gasteiger partial charge in [-0.1, -0.05) is 44.2 Å². The third-order valence-electron chi connectivity index (χ3n) is 4.45. The van der Waals surface area contributed by atoms with Crippen molar-refractivity contribution in [1.29, 1.82) is 0 Å². The molecule has 0 radical (unpaired) electrons. The molecule has 1 heterocycles. The van der Waals surface area contributed by atoms with Crippen LogP contribution in [0.2, 0.25) is 0 Å². The Bertz CT molecular complexity index is 565. The molecule has 0 atom stereocenters. The van der Waals surface area contributed by atoms with Gasteiger partial charge in [-0.05, 0) is 12.5 Å². The topological polar surface area (TPSA) is 60.0 Å². The van der Waals surface area contributed by atoms with E-state index in [9.17, 15) is 4.79 Å². The summed E-state index contributed by atoms with van der Waals surface area (Å²) >= 11 is 0. The fraction of sp³-hybridized carbons (Fsp3) is 0.600. The van der Waals surface area contributed by atoms with Crippen molar-refractivity contribution in [3.05, 3.63) is 35.9 Å². The van der Waals surface area contributed by atoms with E-state index in [0.717, 1.165) is 45.2 Å². The zero-order valence-corrected chi connectivity index (χ0v) is 16.4. The van der Waals surface area contributed by atoms with E-state index in [0.29, 0.717) is 13.1 Å². The summed E-state index contributed by atoms with van der Waals surface area (Å²) in [4.78, 5) is 21.1. The second-order valence-electron chi connectivity index (χ2n) is 6.93. The van der Waals surface area contributed by atoms with Crippen LogP contribution in [-0.2, 0) is 11.3 Å². The van der Waals surface area contributed by atoms with Crippen LogP contribution in [0.1, 0.15) is 26.3 Å². The molecule has 6 nitrogen and oxygen atoms in total. The molecule has 1 saturated heterocycles. The van der Waals surface area contributed by atoms with Crippen molar-refractivity contribution in [3.63, 3.8) is 0 Å². The van der Waals surface area contributed by atoms with Crippen LogP contribution < -0.4 is 10.6 Å². The molecule has 2 rings (SSSR count). The van der Waals surface area contributed by atoms with Crippen molar-refractivity contribution in [2.24, 2.45) is 10.9 Å². The Labute approximate surface area is 157 Å². The highest BCUT2D eigenvalue weighted by Crippen LogP contribution is 2.08. The monoisotopic (exact) mass is 359 g/mol. The van der Waals surface area contributed by atoms with Crippen molar-refractivity contribution < 1.29 is 4.79 Å². The second kappa shape index (κ2) is 10.8. The number of carbonyl (C=O) groups is 1. The molecule has 0 saturated carbocycles. The lowest BCUT2D eigenvalue weighted by atomic mass is 10.2. The molecule has 1 aromatic rings. The molecule has 26 heavy (non-hydrogen) atoms. The summed E-state index contributed by atoms with van der Waals surface area (Å²) in [6.45, 7) is 12.9. The Morgan fingerprint density at radius 2 is 1.81 bits per heavy atom. The number of nitrogens with one attached hydrogen (secondary N) is 2. The van der Waals surface area contributed by atoms with Crippen LogP contribution >= 0.6 is 0 Å². The largest absolute Gasteiger partial charge is 0.357 e. The van der Waals surface area contributed by atoms with Crippen LogP contribution in [0, 0.1) is 5.92 Å². The Hall–Kier alpha value is -2.08. The first-order chi connectivity index (χ1) is 12.6. The standard InChI is InChI=1S/C20H33N5O/c1-4-21-20(23-11-10-22-19(26)17(2)3)25-14-12-24(13-15-25)16-18-8-6-5-7-9-18/h5-9,17H,4,10-16H2,1-3H3,(H,21,23)(H,22,26). The summed E-state index contributed by atoms with van der Waals surface area (Å²) < 4.78 is 0. The first kappa shape index (κ1) is 20.2. The Balaban J connectivity index is 1.79. The summed E-state index contributed by atoms with van der Waals surface area (Å²) in [7, 11) is 0. The SMILES string of the molecule is CCNC(=NCCNC(=O)C(C)C)N1CCN(Cc2ccccc2)CC1. The van der Waals surface area contributed by atoms with Gasteiger partial charge in [-0.25, -0.2) is 0 Å². The van der Waals surface area contributed by atoms with Crippen molar-refractivity contribution in [3.8, 4) is 0 Å². The van der Waals surface area contributed by atoms with E-state index < -0.39 is 0 Å². The molecule has 1 aliphatic heterocycles. The predicted molar refractivity (Wildman–Crippen MR) is 107 cm³/mol. The van der Waals surface area contributed by atoms with E-state index in [1.165, 1.54) is 5.56 Å². The van der Waals surface area contributed by atoms with Gasteiger partial charge in [0, 0.05) is 51.7 Å². The van der Waals surface area contributed by atoms with Crippen molar-refractivity contribution in [1.82, 2.24) is 20.4 Å². The summed E-state index contributed by atoms with van der Waals surface area (Å²) in [5.41, 5.74) is 1.36. The minimum absolute atomic E-state index is 0.0184. The second-order valence-corrected chi connectivity index (χ2v) is 6.93.